The number of ether oxygens (including phenoxy) is 2. The SMILES string of the molecule is COc1cccc(CNc2ccc3nc(-c4ccc(Cl)cc4)c(OC)n3n2)c1. The lowest BCUT2D eigenvalue weighted by Gasteiger charge is -2.08. The predicted molar refractivity (Wildman–Crippen MR) is 110 cm³/mol. The van der Waals surface area contributed by atoms with Gasteiger partial charge in [-0.15, -0.1) is 5.10 Å². The maximum Gasteiger partial charge on any atom is 0.243 e. The van der Waals surface area contributed by atoms with E-state index in [1.54, 1.807) is 18.7 Å². The minimum absolute atomic E-state index is 0.572. The lowest BCUT2D eigenvalue weighted by Crippen LogP contribution is -2.05. The van der Waals surface area contributed by atoms with Gasteiger partial charge in [-0.05, 0) is 42.0 Å². The molecule has 0 amide bonds. The topological polar surface area (TPSA) is 60.7 Å². The highest BCUT2D eigenvalue weighted by Gasteiger charge is 2.16. The summed E-state index contributed by atoms with van der Waals surface area (Å²) in [7, 11) is 3.27. The summed E-state index contributed by atoms with van der Waals surface area (Å²) < 4.78 is 12.6. The van der Waals surface area contributed by atoms with Crippen molar-refractivity contribution in [2.45, 2.75) is 6.54 Å². The summed E-state index contributed by atoms with van der Waals surface area (Å²) in [6, 6.07) is 19.2. The van der Waals surface area contributed by atoms with E-state index in [1.807, 2.05) is 60.7 Å². The molecule has 0 aliphatic rings. The predicted octanol–water partition coefficient (Wildman–Crippen LogP) is 4.68. The van der Waals surface area contributed by atoms with E-state index in [0.29, 0.717) is 28.9 Å². The molecular formula is C21H19ClN4O2. The molecule has 4 rings (SSSR count). The molecule has 0 aliphatic carbocycles. The first-order valence-corrected chi connectivity index (χ1v) is 9.12. The molecule has 7 heteroatoms. The number of benzene rings is 2. The minimum atomic E-state index is 0.572. The van der Waals surface area contributed by atoms with E-state index in [1.165, 1.54) is 0 Å². The maximum atomic E-state index is 5.99. The molecule has 4 aromatic rings. The standard InChI is InChI=1S/C21H19ClN4O2/c1-27-17-5-3-4-14(12-17)13-23-18-10-11-19-24-20(21(28-2)26(19)25-18)15-6-8-16(22)9-7-15/h3-12H,13H2,1-2H3,(H,23,25). The zero-order valence-corrected chi connectivity index (χ0v) is 16.3. The summed E-state index contributed by atoms with van der Waals surface area (Å²) in [4.78, 5) is 4.65. The van der Waals surface area contributed by atoms with Gasteiger partial charge >= 0.3 is 0 Å². The fourth-order valence-electron chi connectivity index (χ4n) is 2.96. The highest BCUT2D eigenvalue weighted by molar-refractivity contribution is 6.30. The van der Waals surface area contributed by atoms with Gasteiger partial charge in [0.2, 0.25) is 5.88 Å². The molecule has 0 saturated heterocycles. The summed E-state index contributed by atoms with van der Waals surface area (Å²) in [5.41, 5.74) is 3.43. The summed E-state index contributed by atoms with van der Waals surface area (Å²) in [5, 5.41) is 8.63. The van der Waals surface area contributed by atoms with Crippen LogP contribution in [0.4, 0.5) is 5.82 Å². The van der Waals surface area contributed by atoms with Crippen molar-refractivity contribution in [1.82, 2.24) is 14.6 Å². The van der Waals surface area contributed by atoms with Gasteiger partial charge in [0.25, 0.3) is 0 Å². The number of rotatable bonds is 6. The van der Waals surface area contributed by atoms with Crippen molar-refractivity contribution in [2.24, 2.45) is 0 Å². The van der Waals surface area contributed by atoms with Crippen LogP contribution in [0.1, 0.15) is 5.56 Å². The summed E-state index contributed by atoms with van der Waals surface area (Å²) in [6.45, 7) is 0.622. The maximum absolute atomic E-state index is 5.99. The van der Waals surface area contributed by atoms with Crippen LogP contribution in [0.25, 0.3) is 16.9 Å². The van der Waals surface area contributed by atoms with Crippen LogP contribution < -0.4 is 14.8 Å². The number of methoxy groups -OCH3 is 2. The number of hydrogen-bond acceptors (Lipinski definition) is 5. The van der Waals surface area contributed by atoms with E-state index >= 15 is 0 Å². The second-order valence-electron chi connectivity index (χ2n) is 6.17. The van der Waals surface area contributed by atoms with Crippen molar-refractivity contribution in [3.05, 3.63) is 71.2 Å². The van der Waals surface area contributed by atoms with Crippen LogP contribution in [0.5, 0.6) is 11.6 Å². The molecule has 142 valence electrons. The molecule has 0 saturated carbocycles. The van der Waals surface area contributed by atoms with Gasteiger partial charge in [-0.3, -0.25) is 0 Å². The minimum Gasteiger partial charge on any atom is -0.497 e. The van der Waals surface area contributed by atoms with Crippen LogP contribution in [0, 0.1) is 0 Å². The molecule has 0 radical (unpaired) electrons. The third-order valence-electron chi connectivity index (χ3n) is 4.36. The average molecular weight is 395 g/mol. The number of fused-ring (bicyclic) bond motifs is 1. The molecule has 2 heterocycles. The quantitative estimate of drug-likeness (QED) is 0.514. The molecule has 0 unspecified atom stereocenters. The van der Waals surface area contributed by atoms with Gasteiger partial charge in [0.15, 0.2) is 5.65 Å². The number of hydrogen-bond donors (Lipinski definition) is 1. The Labute approximate surface area is 167 Å². The Balaban J connectivity index is 1.63. The summed E-state index contributed by atoms with van der Waals surface area (Å²) in [5.74, 6) is 2.11. The summed E-state index contributed by atoms with van der Waals surface area (Å²) in [6.07, 6.45) is 0. The van der Waals surface area contributed by atoms with Crippen LogP contribution in [-0.2, 0) is 6.54 Å². The highest BCUT2D eigenvalue weighted by Crippen LogP contribution is 2.31. The Morgan fingerprint density at radius 3 is 2.57 bits per heavy atom. The Hall–Kier alpha value is -3.25. The zero-order chi connectivity index (χ0) is 19.5. The van der Waals surface area contributed by atoms with Crippen molar-refractivity contribution in [3.8, 4) is 22.9 Å². The number of imidazole rings is 1. The molecule has 6 nitrogen and oxygen atoms in total. The first-order valence-electron chi connectivity index (χ1n) is 8.74. The number of nitrogens with zero attached hydrogens (tertiary/aromatic N) is 3. The molecule has 0 spiro atoms. The molecule has 2 aromatic heterocycles. The summed E-state index contributed by atoms with van der Waals surface area (Å²) >= 11 is 5.99. The van der Waals surface area contributed by atoms with Crippen molar-refractivity contribution in [1.29, 1.82) is 0 Å². The van der Waals surface area contributed by atoms with Gasteiger partial charge in [-0.2, -0.15) is 4.52 Å². The molecule has 0 bridgehead atoms. The van der Waals surface area contributed by atoms with E-state index < -0.39 is 0 Å². The van der Waals surface area contributed by atoms with Crippen LogP contribution in [-0.4, -0.2) is 28.8 Å². The fraction of sp³-hybridized carbons (Fsp3) is 0.143. The van der Waals surface area contributed by atoms with Gasteiger partial charge in [-0.25, -0.2) is 4.98 Å². The molecule has 28 heavy (non-hydrogen) atoms. The molecule has 0 fully saturated rings. The van der Waals surface area contributed by atoms with Gasteiger partial charge in [0.05, 0.1) is 14.2 Å². The number of aromatic nitrogens is 3. The molecule has 0 atom stereocenters. The zero-order valence-electron chi connectivity index (χ0n) is 15.5. The lowest BCUT2D eigenvalue weighted by molar-refractivity contribution is 0.389. The van der Waals surface area contributed by atoms with Crippen molar-refractivity contribution >= 4 is 23.1 Å². The van der Waals surface area contributed by atoms with Crippen molar-refractivity contribution in [3.63, 3.8) is 0 Å². The van der Waals surface area contributed by atoms with Crippen LogP contribution >= 0.6 is 11.6 Å². The third-order valence-corrected chi connectivity index (χ3v) is 4.61. The van der Waals surface area contributed by atoms with E-state index in [0.717, 1.165) is 22.6 Å². The Bertz CT molecular complexity index is 1110. The average Bonchev–Trinajstić information content (AvgIpc) is 3.10. The molecule has 2 aromatic carbocycles. The van der Waals surface area contributed by atoms with Crippen LogP contribution in [0.3, 0.4) is 0 Å². The number of anilines is 1. The lowest BCUT2D eigenvalue weighted by atomic mass is 10.2. The highest BCUT2D eigenvalue weighted by atomic mass is 35.5. The number of halogens is 1. The third kappa shape index (κ3) is 3.59. The Morgan fingerprint density at radius 2 is 1.82 bits per heavy atom. The first kappa shape index (κ1) is 18.1. The first-order chi connectivity index (χ1) is 13.7. The van der Waals surface area contributed by atoms with Crippen LogP contribution in [0.2, 0.25) is 5.02 Å². The normalized spacial score (nSPS) is 10.8. The molecular weight excluding hydrogens is 376 g/mol. The molecule has 1 N–H and O–H groups in total. The van der Waals surface area contributed by atoms with E-state index in [9.17, 15) is 0 Å². The Kier molecular flexibility index (Phi) is 5.04. The van der Waals surface area contributed by atoms with Crippen molar-refractivity contribution < 1.29 is 9.47 Å². The van der Waals surface area contributed by atoms with Crippen molar-refractivity contribution in [2.75, 3.05) is 19.5 Å². The van der Waals surface area contributed by atoms with Gasteiger partial charge < -0.3 is 14.8 Å². The fourth-order valence-corrected chi connectivity index (χ4v) is 3.09. The largest absolute Gasteiger partial charge is 0.497 e. The molecule has 0 aliphatic heterocycles. The Morgan fingerprint density at radius 1 is 1.00 bits per heavy atom. The van der Waals surface area contributed by atoms with Crippen LogP contribution in [0.15, 0.2) is 60.7 Å². The van der Waals surface area contributed by atoms with Gasteiger partial charge in [-0.1, -0.05) is 35.9 Å². The second kappa shape index (κ2) is 7.78. The second-order valence-corrected chi connectivity index (χ2v) is 6.61. The van der Waals surface area contributed by atoms with E-state index in [2.05, 4.69) is 15.4 Å². The number of nitrogens with one attached hydrogen (secondary N) is 1. The smallest absolute Gasteiger partial charge is 0.243 e. The van der Waals surface area contributed by atoms with E-state index in [4.69, 9.17) is 21.1 Å². The van der Waals surface area contributed by atoms with Gasteiger partial charge in [0, 0.05) is 17.1 Å². The monoisotopic (exact) mass is 394 g/mol. The van der Waals surface area contributed by atoms with Gasteiger partial charge in [0.1, 0.15) is 17.3 Å². The van der Waals surface area contributed by atoms with E-state index in [-0.39, 0.29) is 0 Å².